The molecule has 0 aliphatic carbocycles. The Balaban J connectivity index is 1.24. The zero-order valence-corrected chi connectivity index (χ0v) is 25.9. The standard InChI is InChI=1S/C29H38ClN8O3P/c1-41-25-18-21(36-12-10-20(11-13-36)37-14-16-38(17-15-37)28(31)39)8-9-23(25)34-29-32-19-22(30)27(35-29)33-24-6-4-5-7-26(24)42(2,3)40/h4-9,18-20H,10-17H2,1-3H3,(H2,31,39)(H2,32,33,34,35). The van der Waals surface area contributed by atoms with E-state index in [-0.39, 0.29) is 6.03 Å². The van der Waals surface area contributed by atoms with Crippen LogP contribution in [-0.4, -0.2) is 91.5 Å². The molecule has 42 heavy (non-hydrogen) atoms. The number of carbonyl (C=O) groups is 1. The summed E-state index contributed by atoms with van der Waals surface area (Å²) in [6, 6.07) is 13.7. The molecule has 2 amide bonds. The summed E-state index contributed by atoms with van der Waals surface area (Å²) in [5, 5.41) is 7.55. The van der Waals surface area contributed by atoms with Crippen LogP contribution in [0.1, 0.15) is 12.8 Å². The number of anilines is 5. The highest BCUT2D eigenvalue weighted by Crippen LogP contribution is 2.39. The van der Waals surface area contributed by atoms with E-state index in [1.165, 1.54) is 6.20 Å². The topological polar surface area (TPSA) is 129 Å². The van der Waals surface area contributed by atoms with Gasteiger partial charge in [0.1, 0.15) is 17.9 Å². The zero-order chi connectivity index (χ0) is 29.9. The highest BCUT2D eigenvalue weighted by Gasteiger charge is 2.28. The fraction of sp³-hybridized carbons (Fsp3) is 0.414. The van der Waals surface area contributed by atoms with E-state index in [9.17, 15) is 9.36 Å². The molecule has 0 atom stereocenters. The van der Waals surface area contributed by atoms with Gasteiger partial charge in [-0.1, -0.05) is 23.7 Å². The van der Waals surface area contributed by atoms with E-state index in [4.69, 9.17) is 22.1 Å². The van der Waals surface area contributed by atoms with Crippen molar-refractivity contribution in [3.8, 4) is 5.75 Å². The van der Waals surface area contributed by atoms with Crippen LogP contribution in [0.2, 0.25) is 5.02 Å². The minimum absolute atomic E-state index is 0.331. The van der Waals surface area contributed by atoms with Crippen molar-refractivity contribution in [3.63, 3.8) is 0 Å². The maximum Gasteiger partial charge on any atom is 0.314 e. The minimum Gasteiger partial charge on any atom is -0.494 e. The Bertz CT molecular complexity index is 1470. The second-order valence-corrected chi connectivity index (χ2v) is 14.6. The van der Waals surface area contributed by atoms with Gasteiger partial charge in [-0.05, 0) is 50.4 Å². The van der Waals surface area contributed by atoms with E-state index in [0.29, 0.717) is 47.4 Å². The number of nitrogens with two attached hydrogens (primary N) is 1. The summed E-state index contributed by atoms with van der Waals surface area (Å²) in [5.74, 6) is 1.43. The van der Waals surface area contributed by atoms with E-state index >= 15 is 0 Å². The van der Waals surface area contributed by atoms with Crippen LogP contribution in [0.15, 0.2) is 48.7 Å². The number of benzene rings is 2. The Hall–Kier alpha value is -3.53. The first-order valence-electron chi connectivity index (χ1n) is 14.0. The highest BCUT2D eigenvalue weighted by atomic mass is 35.5. The fourth-order valence-electron chi connectivity index (χ4n) is 5.59. The van der Waals surface area contributed by atoms with Gasteiger partial charge in [0.2, 0.25) is 5.95 Å². The third-order valence-corrected chi connectivity index (χ3v) is 9.71. The lowest BCUT2D eigenvalue weighted by Gasteiger charge is -2.43. The van der Waals surface area contributed by atoms with Gasteiger partial charge < -0.3 is 35.5 Å². The molecule has 1 aromatic heterocycles. The number of amides is 2. The van der Waals surface area contributed by atoms with Crippen LogP contribution in [0.3, 0.4) is 0 Å². The Labute approximate surface area is 251 Å². The molecule has 3 heterocycles. The average Bonchev–Trinajstić information content (AvgIpc) is 2.99. The van der Waals surface area contributed by atoms with Crippen molar-refractivity contribution in [1.29, 1.82) is 0 Å². The number of para-hydroxylation sites is 1. The SMILES string of the molecule is COc1cc(N2CCC(N3CCN(C(N)=O)CC3)CC2)ccc1Nc1ncc(Cl)c(Nc2ccccc2P(C)(C)=O)n1. The molecule has 13 heteroatoms. The number of methoxy groups -OCH3 is 1. The molecule has 0 unspecified atom stereocenters. The molecule has 0 bridgehead atoms. The lowest BCUT2D eigenvalue weighted by molar-refractivity contribution is 0.0995. The summed E-state index contributed by atoms with van der Waals surface area (Å²) in [5.41, 5.74) is 7.94. The van der Waals surface area contributed by atoms with Crippen LogP contribution in [-0.2, 0) is 4.57 Å². The fourth-order valence-corrected chi connectivity index (χ4v) is 6.88. The third kappa shape index (κ3) is 6.91. The molecule has 2 saturated heterocycles. The van der Waals surface area contributed by atoms with E-state index < -0.39 is 7.14 Å². The summed E-state index contributed by atoms with van der Waals surface area (Å²) in [6.45, 7) is 8.48. The second kappa shape index (κ2) is 12.8. The maximum atomic E-state index is 12.8. The van der Waals surface area contributed by atoms with Gasteiger partial charge in [0.15, 0.2) is 5.82 Å². The third-order valence-electron chi connectivity index (χ3n) is 7.88. The number of hydrogen-bond donors (Lipinski definition) is 3. The Kier molecular flexibility index (Phi) is 9.11. The molecule has 3 aromatic rings. The number of primary amides is 1. The Morgan fingerprint density at radius 1 is 1.02 bits per heavy atom. The van der Waals surface area contributed by atoms with Crippen LogP contribution >= 0.6 is 18.7 Å². The number of piperidine rings is 1. The quantitative estimate of drug-likeness (QED) is 0.314. The van der Waals surface area contributed by atoms with E-state index in [1.54, 1.807) is 25.3 Å². The molecule has 5 rings (SSSR count). The first kappa shape index (κ1) is 29.9. The molecule has 224 valence electrons. The number of halogens is 1. The summed E-state index contributed by atoms with van der Waals surface area (Å²) in [4.78, 5) is 27.0. The number of ether oxygens (including phenoxy) is 1. The maximum absolute atomic E-state index is 12.8. The average molecular weight is 613 g/mol. The van der Waals surface area contributed by atoms with Gasteiger partial charge >= 0.3 is 6.03 Å². The molecule has 11 nitrogen and oxygen atoms in total. The van der Waals surface area contributed by atoms with Gasteiger partial charge in [0.05, 0.1) is 24.7 Å². The van der Waals surface area contributed by atoms with E-state index in [2.05, 4.69) is 36.5 Å². The molecule has 2 fully saturated rings. The lowest BCUT2D eigenvalue weighted by atomic mass is 10.0. The second-order valence-electron chi connectivity index (χ2n) is 11.0. The molecule has 2 aliphatic rings. The van der Waals surface area contributed by atoms with Crippen molar-refractivity contribution in [2.45, 2.75) is 18.9 Å². The lowest BCUT2D eigenvalue weighted by Crippen LogP contribution is -2.55. The summed E-state index contributed by atoms with van der Waals surface area (Å²) < 4.78 is 18.5. The smallest absolute Gasteiger partial charge is 0.314 e. The summed E-state index contributed by atoms with van der Waals surface area (Å²) in [6.07, 6.45) is 3.64. The largest absolute Gasteiger partial charge is 0.494 e. The van der Waals surface area contributed by atoms with Crippen molar-refractivity contribution in [2.75, 3.05) is 75.2 Å². The van der Waals surface area contributed by atoms with Crippen LogP contribution in [0, 0.1) is 0 Å². The van der Waals surface area contributed by atoms with E-state index in [0.717, 1.165) is 55.7 Å². The number of nitrogens with one attached hydrogen (secondary N) is 2. The van der Waals surface area contributed by atoms with Crippen LogP contribution in [0.25, 0.3) is 0 Å². The zero-order valence-electron chi connectivity index (χ0n) is 24.2. The van der Waals surface area contributed by atoms with Crippen molar-refractivity contribution in [3.05, 3.63) is 53.7 Å². The van der Waals surface area contributed by atoms with Gasteiger partial charge in [-0.15, -0.1) is 0 Å². The van der Waals surface area contributed by atoms with Crippen molar-refractivity contribution >= 4 is 58.9 Å². The van der Waals surface area contributed by atoms with Gasteiger partial charge in [-0.3, -0.25) is 4.90 Å². The summed E-state index contributed by atoms with van der Waals surface area (Å²) in [7, 11) is -0.881. The molecular weight excluding hydrogens is 575 g/mol. The van der Waals surface area contributed by atoms with Crippen molar-refractivity contribution < 1.29 is 14.1 Å². The number of urea groups is 1. The van der Waals surface area contributed by atoms with Gasteiger partial charge in [0.25, 0.3) is 0 Å². The normalized spacial score (nSPS) is 16.8. The Morgan fingerprint density at radius 2 is 1.74 bits per heavy atom. The monoisotopic (exact) mass is 612 g/mol. The number of nitrogens with zero attached hydrogens (tertiary/aromatic N) is 5. The molecular formula is C29H38ClN8O3P. The first-order chi connectivity index (χ1) is 20.1. The number of rotatable bonds is 8. The van der Waals surface area contributed by atoms with E-state index in [1.807, 2.05) is 36.4 Å². The molecule has 0 spiro atoms. The highest BCUT2D eigenvalue weighted by molar-refractivity contribution is 7.70. The number of piperazine rings is 1. The van der Waals surface area contributed by atoms with Crippen LogP contribution in [0.4, 0.5) is 33.6 Å². The predicted octanol–water partition coefficient (Wildman–Crippen LogP) is 4.54. The van der Waals surface area contributed by atoms with Gasteiger partial charge in [-0.25, -0.2) is 9.78 Å². The summed E-state index contributed by atoms with van der Waals surface area (Å²) >= 11 is 6.42. The Morgan fingerprint density at radius 3 is 2.40 bits per heavy atom. The molecule has 2 aromatic carbocycles. The number of carbonyl (C=O) groups excluding carboxylic acids is 1. The van der Waals surface area contributed by atoms with Gasteiger partial charge in [0, 0.05) is 62.4 Å². The molecule has 2 aliphatic heterocycles. The van der Waals surface area contributed by atoms with Crippen molar-refractivity contribution in [2.24, 2.45) is 5.73 Å². The number of hydrogen-bond acceptors (Lipinski definition) is 9. The molecule has 0 radical (unpaired) electrons. The van der Waals surface area contributed by atoms with Crippen molar-refractivity contribution in [1.82, 2.24) is 19.8 Å². The van der Waals surface area contributed by atoms with Crippen LogP contribution < -0.4 is 31.3 Å². The molecule has 4 N–H and O–H groups in total. The number of aromatic nitrogens is 2. The van der Waals surface area contributed by atoms with Gasteiger partial charge in [-0.2, -0.15) is 4.98 Å². The molecule has 0 saturated carbocycles. The first-order valence-corrected chi connectivity index (χ1v) is 17.0. The minimum atomic E-state index is -2.52. The van der Waals surface area contributed by atoms with Crippen LogP contribution in [0.5, 0.6) is 5.75 Å². The predicted molar refractivity (Wildman–Crippen MR) is 170 cm³/mol.